The number of nitrogens with zero attached hydrogens (tertiary/aromatic N) is 3. The maximum Gasteiger partial charge on any atom is 0.0890 e. The third-order valence-electron chi connectivity index (χ3n) is 5.94. The molecule has 1 atom stereocenters. The van der Waals surface area contributed by atoms with Gasteiger partial charge in [-0.15, -0.1) is 0 Å². The van der Waals surface area contributed by atoms with Crippen molar-refractivity contribution in [2.75, 3.05) is 13.1 Å². The highest BCUT2D eigenvalue weighted by molar-refractivity contribution is 5.81. The molecule has 4 aromatic rings. The lowest BCUT2D eigenvalue weighted by atomic mass is 9.90. The third-order valence-corrected chi connectivity index (χ3v) is 5.94. The number of aromatic nitrogens is 3. The van der Waals surface area contributed by atoms with Gasteiger partial charge in [0.05, 0.1) is 28.5 Å². The highest BCUT2D eigenvalue weighted by atomic mass is 15.1. The number of likely N-dealkylation sites (tertiary alicyclic amines) is 1. The zero-order chi connectivity index (χ0) is 19.8. The SMILES string of the molecule is CC(N)(Cc1ccc2[nH]c(CN3CCCC3)cc2c1)c1cnc2ccccc2n1. The first-order chi connectivity index (χ1) is 14.1. The molecule has 0 saturated carbocycles. The van der Waals surface area contributed by atoms with Crippen molar-refractivity contribution in [3.63, 3.8) is 0 Å². The molecule has 2 aromatic carbocycles. The first-order valence-electron chi connectivity index (χ1n) is 10.4. The van der Waals surface area contributed by atoms with Crippen LogP contribution in [0, 0.1) is 0 Å². The number of hydrogen-bond acceptors (Lipinski definition) is 4. The van der Waals surface area contributed by atoms with Crippen molar-refractivity contribution in [2.24, 2.45) is 5.73 Å². The van der Waals surface area contributed by atoms with Crippen molar-refractivity contribution in [2.45, 2.75) is 38.3 Å². The summed E-state index contributed by atoms with van der Waals surface area (Å²) in [6.07, 6.45) is 5.15. The van der Waals surface area contributed by atoms with Gasteiger partial charge in [-0.3, -0.25) is 9.88 Å². The third kappa shape index (κ3) is 3.76. The van der Waals surface area contributed by atoms with Crippen LogP contribution in [0.5, 0.6) is 0 Å². The molecule has 5 rings (SSSR count). The topological polar surface area (TPSA) is 70.8 Å². The number of aromatic amines is 1. The highest BCUT2D eigenvalue weighted by Crippen LogP contribution is 2.25. The zero-order valence-electron chi connectivity index (χ0n) is 16.9. The summed E-state index contributed by atoms with van der Waals surface area (Å²) >= 11 is 0. The average molecular weight is 386 g/mol. The molecular weight excluding hydrogens is 358 g/mol. The molecule has 1 aliphatic heterocycles. The molecule has 0 bridgehead atoms. The normalized spacial score (nSPS) is 17.2. The van der Waals surface area contributed by atoms with Crippen LogP contribution in [0.1, 0.15) is 36.7 Å². The molecule has 1 unspecified atom stereocenters. The lowest BCUT2D eigenvalue weighted by Crippen LogP contribution is -2.36. The summed E-state index contributed by atoms with van der Waals surface area (Å²) in [7, 11) is 0. The van der Waals surface area contributed by atoms with Gasteiger partial charge >= 0.3 is 0 Å². The van der Waals surface area contributed by atoms with E-state index in [0.29, 0.717) is 6.42 Å². The fourth-order valence-corrected chi connectivity index (χ4v) is 4.37. The van der Waals surface area contributed by atoms with E-state index >= 15 is 0 Å². The number of benzene rings is 2. The van der Waals surface area contributed by atoms with Gasteiger partial charge < -0.3 is 10.7 Å². The summed E-state index contributed by atoms with van der Waals surface area (Å²) in [5, 5.41) is 1.25. The quantitative estimate of drug-likeness (QED) is 0.542. The average Bonchev–Trinajstić information content (AvgIpc) is 3.36. The molecule has 3 N–H and O–H groups in total. The van der Waals surface area contributed by atoms with Crippen LogP contribution in [0.2, 0.25) is 0 Å². The maximum atomic E-state index is 6.70. The minimum Gasteiger partial charge on any atom is -0.357 e. The maximum absolute atomic E-state index is 6.70. The van der Waals surface area contributed by atoms with Gasteiger partial charge in [-0.1, -0.05) is 18.2 Å². The van der Waals surface area contributed by atoms with Crippen molar-refractivity contribution < 1.29 is 0 Å². The molecule has 5 heteroatoms. The van der Waals surface area contributed by atoms with Crippen molar-refractivity contribution in [1.82, 2.24) is 19.9 Å². The number of rotatable bonds is 5. The van der Waals surface area contributed by atoms with E-state index in [4.69, 9.17) is 10.7 Å². The Morgan fingerprint density at radius 3 is 2.69 bits per heavy atom. The number of nitrogens with two attached hydrogens (primary N) is 1. The molecule has 3 heterocycles. The number of H-pyrrole nitrogens is 1. The number of nitrogens with one attached hydrogen (secondary N) is 1. The summed E-state index contributed by atoms with van der Waals surface area (Å²) in [6.45, 7) is 5.45. The van der Waals surface area contributed by atoms with E-state index < -0.39 is 5.54 Å². The van der Waals surface area contributed by atoms with Gasteiger partial charge in [0.15, 0.2) is 0 Å². The molecule has 29 heavy (non-hydrogen) atoms. The number of hydrogen-bond donors (Lipinski definition) is 2. The second-order valence-electron chi connectivity index (χ2n) is 8.54. The number of fused-ring (bicyclic) bond motifs is 2. The van der Waals surface area contributed by atoms with E-state index in [9.17, 15) is 0 Å². The Labute approximate surface area is 171 Å². The van der Waals surface area contributed by atoms with Crippen LogP contribution >= 0.6 is 0 Å². The van der Waals surface area contributed by atoms with E-state index in [1.165, 1.54) is 48.1 Å². The minimum absolute atomic E-state index is 0.584. The highest BCUT2D eigenvalue weighted by Gasteiger charge is 2.24. The van der Waals surface area contributed by atoms with Crippen LogP contribution in [-0.4, -0.2) is 32.9 Å². The molecule has 0 radical (unpaired) electrons. The Morgan fingerprint density at radius 1 is 1.07 bits per heavy atom. The van der Waals surface area contributed by atoms with E-state index in [1.807, 2.05) is 37.4 Å². The van der Waals surface area contributed by atoms with Crippen molar-refractivity contribution >= 4 is 21.9 Å². The lowest BCUT2D eigenvalue weighted by molar-refractivity contribution is 0.328. The Bertz CT molecular complexity index is 1150. The van der Waals surface area contributed by atoms with Gasteiger partial charge in [0.1, 0.15) is 0 Å². The smallest absolute Gasteiger partial charge is 0.0890 e. The first kappa shape index (κ1) is 18.3. The minimum atomic E-state index is -0.584. The summed E-state index contributed by atoms with van der Waals surface area (Å²) in [6, 6.07) is 16.8. The Balaban J connectivity index is 1.38. The molecule has 1 fully saturated rings. The fraction of sp³-hybridized carbons (Fsp3) is 0.333. The van der Waals surface area contributed by atoms with Crippen LogP contribution in [-0.2, 0) is 18.5 Å². The predicted octanol–water partition coefficient (Wildman–Crippen LogP) is 4.12. The van der Waals surface area contributed by atoms with Crippen molar-refractivity contribution in [3.05, 3.63) is 71.7 Å². The standard InChI is InChI=1S/C24H27N5/c1-24(25,23-15-26-21-6-2-3-7-22(21)28-23)14-17-8-9-20-18(12-17)13-19(27-20)16-29-10-4-5-11-29/h2-3,6-9,12-13,15,27H,4-5,10-11,14,16,25H2,1H3. The lowest BCUT2D eigenvalue weighted by Gasteiger charge is -2.24. The molecule has 1 aliphatic rings. The van der Waals surface area contributed by atoms with E-state index in [0.717, 1.165) is 23.3 Å². The van der Waals surface area contributed by atoms with Crippen molar-refractivity contribution in [1.29, 1.82) is 0 Å². The van der Waals surface area contributed by atoms with E-state index in [1.54, 1.807) is 0 Å². The van der Waals surface area contributed by atoms with E-state index in [2.05, 4.69) is 39.1 Å². The summed E-state index contributed by atoms with van der Waals surface area (Å²) in [4.78, 5) is 15.4. The summed E-state index contributed by atoms with van der Waals surface area (Å²) in [5.74, 6) is 0. The summed E-state index contributed by atoms with van der Waals surface area (Å²) in [5.41, 5.74) is 12.4. The largest absolute Gasteiger partial charge is 0.357 e. The van der Waals surface area contributed by atoms with Crippen LogP contribution in [0.4, 0.5) is 0 Å². The molecule has 2 aromatic heterocycles. The van der Waals surface area contributed by atoms with Gasteiger partial charge in [0, 0.05) is 17.8 Å². The van der Waals surface area contributed by atoms with Crippen LogP contribution in [0.25, 0.3) is 21.9 Å². The van der Waals surface area contributed by atoms with Crippen LogP contribution < -0.4 is 5.73 Å². The van der Waals surface area contributed by atoms with Gasteiger partial charge in [0.25, 0.3) is 0 Å². The molecule has 0 aliphatic carbocycles. The van der Waals surface area contributed by atoms with Gasteiger partial charge in [-0.2, -0.15) is 0 Å². The molecule has 0 spiro atoms. The van der Waals surface area contributed by atoms with Crippen LogP contribution in [0.3, 0.4) is 0 Å². The second-order valence-corrected chi connectivity index (χ2v) is 8.54. The van der Waals surface area contributed by atoms with Gasteiger partial charge in [0.2, 0.25) is 0 Å². The van der Waals surface area contributed by atoms with Crippen molar-refractivity contribution in [3.8, 4) is 0 Å². The van der Waals surface area contributed by atoms with E-state index in [-0.39, 0.29) is 0 Å². The second kappa shape index (κ2) is 7.25. The summed E-state index contributed by atoms with van der Waals surface area (Å²) < 4.78 is 0. The Kier molecular flexibility index (Phi) is 4.57. The molecular formula is C24H27N5. The zero-order valence-corrected chi connectivity index (χ0v) is 16.9. The Morgan fingerprint density at radius 2 is 1.86 bits per heavy atom. The Hall–Kier alpha value is -2.76. The molecule has 148 valence electrons. The number of para-hydroxylation sites is 2. The fourth-order valence-electron chi connectivity index (χ4n) is 4.37. The monoisotopic (exact) mass is 385 g/mol. The van der Waals surface area contributed by atoms with Crippen LogP contribution in [0.15, 0.2) is 54.7 Å². The van der Waals surface area contributed by atoms with Gasteiger partial charge in [-0.25, -0.2) is 4.98 Å². The molecule has 1 saturated heterocycles. The molecule has 5 nitrogen and oxygen atoms in total. The predicted molar refractivity (Wildman–Crippen MR) is 118 cm³/mol. The molecule has 0 amide bonds. The van der Waals surface area contributed by atoms with Gasteiger partial charge in [-0.05, 0) is 80.6 Å². The first-order valence-corrected chi connectivity index (χ1v) is 10.4.